The Morgan fingerprint density at radius 2 is 2.05 bits per heavy atom. The Morgan fingerprint density at radius 1 is 1.32 bits per heavy atom. The first-order valence-corrected chi connectivity index (χ1v) is 4.94. The number of aromatic hydroxyl groups is 1. The molecule has 2 rings (SSSR count). The monoisotopic (exact) mass is 264 g/mol. The van der Waals surface area contributed by atoms with Gasteiger partial charge in [0.1, 0.15) is 11.3 Å². The lowest BCUT2D eigenvalue weighted by molar-refractivity contribution is 0.0693. The van der Waals surface area contributed by atoms with Gasteiger partial charge in [-0.2, -0.15) is 0 Å². The van der Waals surface area contributed by atoms with Crippen LogP contribution in [0.25, 0.3) is 0 Å². The molecule has 98 valence electrons. The highest BCUT2D eigenvalue weighted by molar-refractivity contribution is 6.06. The van der Waals surface area contributed by atoms with Gasteiger partial charge < -0.3 is 21.3 Å². The summed E-state index contributed by atoms with van der Waals surface area (Å²) in [7, 11) is 0. The van der Waals surface area contributed by atoms with Gasteiger partial charge in [-0.3, -0.25) is 4.79 Å². The van der Waals surface area contributed by atoms with Crippen LogP contribution in [0.15, 0.2) is 22.8 Å². The van der Waals surface area contributed by atoms with Gasteiger partial charge in [0.25, 0.3) is 5.91 Å². The van der Waals surface area contributed by atoms with E-state index in [1.54, 1.807) is 0 Å². The van der Waals surface area contributed by atoms with Gasteiger partial charge in [0.2, 0.25) is 11.5 Å². The number of hydrogen-bond acceptors (Lipinski definition) is 7. The Labute approximate surface area is 105 Å². The maximum absolute atomic E-state index is 11.7. The van der Waals surface area contributed by atoms with Crippen LogP contribution in [0.4, 0.5) is 11.5 Å². The number of hydrogen-bond donors (Lipinski definition) is 4. The summed E-state index contributed by atoms with van der Waals surface area (Å²) in [5, 5.41) is 27.0. The van der Waals surface area contributed by atoms with Crippen molar-refractivity contribution in [2.24, 2.45) is 0 Å². The number of rotatable bonds is 3. The van der Waals surface area contributed by atoms with E-state index in [0.29, 0.717) is 0 Å². The third kappa shape index (κ3) is 2.44. The number of carbonyl (C=O) groups excluding carboxylic acids is 1. The number of nitrogens with one attached hydrogen (secondary N) is 1. The fourth-order valence-corrected chi connectivity index (χ4v) is 1.33. The predicted octanol–water partition coefficient (Wildman–Crippen LogP) is 0.308. The number of benzene rings is 1. The number of carboxylic acids is 1. The van der Waals surface area contributed by atoms with Crippen LogP contribution in [-0.4, -0.2) is 32.4 Å². The Bertz CT molecular complexity index is 651. The molecule has 0 atom stereocenters. The van der Waals surface area contributed by atoms with Gasteiger partial charge in [-0.1, -0.05) is 0 Å². The lowest BCUT2D eigenvalue weighted by Gasteiger charge is -2.05. The SMILES string of the molecule is Nc1nonc1C(=O)Nc1ccc(O)c(C(=O)O)c1. The van der Waals surface area contributed by atoms with Crippen molar-refractivity contribution in [3.8, 4) is 5.75 Å². The zero-order valence-electron chi connectivity index (χ0n) is 9.32. The second-order valence-electron chi connectivity index (χ2n) is 3.49. The molecule has 0 aliphatic heterocycles. The summed E-state index contributed by atoms with van der Waals surface area (Å²) in [6, 6.07) is 3.56. The molecule has 0 saturated heterocycles. The summed E-state index contributed by atoms with van der Waals surface area (Å²) in [5.74, 6) is -2.63. The number of aromatic carboxylic acids is 1. The van der Waals surface area contributed by atoms with Crippen LogP contribution in [0.2, 0.25) is 0 Å². The first-order valence-electron chi connectivity index (χ1n) is 4.94. The minimum atomic E-state index is -1.32. The fourth-order valence-electron chi connectivity index (χ4n) is 1.33. The number of carboxylic acid groups (broad SMARTS) is 1. The van der Waals surface area contributed by atoms with E-state index in [1.165, 1.54) is 6.07 Å². The molecule has 0 saturated carbocycles. The molecule has 9 nitrogen and oxygen atoms in total. The van der Waals surface area contributed by atoms with Crippen molar-refractivity contribution < 1.29 is 24.4 Å². The zero-order valence-corrected chi connectivity index (χ0v) is 9.32. The Kier molecular flexibility index (Phi) is 3.02. The molecule has 19 heavy (non-hydrogen) atoms. The molecule has 1 amide bonds. The highest BCUT2D eigenvalue weighted by atomic mass is 16.6. The number of aromatic nitrogens is 2. The molecule has 0 bridgehead atoms. The number of amides is 1. The summed E-state index contributed by atoms with van der Waals surface area (Å²) in [6.45, 7) is 0. The van der Waals surface area contributed by atoms with Crippen LogP contribution >= 0.6 is 0 Å². The van der Waals surface area contributed by atoms with Crippen molar-refractivity contribution in [3.05, 3.63) is 29.5 Å². The van der Waals surface area contributed by atoms with Gasteiger partial charge in [0.15, 0.2) is 0 Å². The Hall–Kier alpha value is -3.10. The molecule has 5 N–H and O–H groups in total. The molecule has 0 fully saturated rings. The maximum Gasteiger partial charge on any atom is 0.339 e. The zero-order chi connectivity index (χ0) is 14.0. The molecule has 0 spiro atoms. The number of phenols is 1. The van der Waals surface area contributed by atoms with Gasteiger partial charge in [0, 0.05) is 5.69 Å². The molecule has 1 heterocycles. The second-order valence-corrected chi connectivity index (χ2v) is 3.49. The molecule has 0 aliphatic carbocycles. The highest BCUT2D eigenvalue weighted by Gasteiger charge is 2.17. The third-order valence-electron chi connectivity index (χ3n) is 2.21. The van der Waals surface area contributed by atoms with Crippen LogP contribution in [-0.2, 0) is 0 Å². The molecule has 1 aromatic heterocycles. The van der Waals surface area contributed by atoms with E-state index in [1.807, 2.05) is 0 Å². The van der Waals surface area contributed by atoms with Gasteiger partial charge >= 0.3 is 5.97 Å². The van der Waals surface area contributed by atoms with E-state index in [0.717, 1.165) is 12.1 Å². The largest absolute Gasteiger partial charge is 0.507 e. The van der Waals surface area contributed by atoms with Gasteiger partial charge in [-0.25, -0.2) is 9.42 Å². The molecule has 0 aliphatic rings. The highest BCUT2D eigenvalue weighted by Crippen LogP contribution is 2.22. The summed E-state index contributed by atoms with van der Waals surface area (Å²) in [4.78, 5) is 22.5. The van der Waals surface area contributed by atoms with Crippen LogP contribution in [0.5, 0.6) is 5.75 Å². The number of nitrogen functional groups attached to an aromatic ring is 1. The van der Waals surface area contributed by atoms with E-state index in [4.69, 9.17) is 10.8 Å². The molecular formula is C10H8N4O5. The standard InChI is InChI=1S/C10H8N4O5/c11-8-7(13-19-14-8)9(16)12-4-1-2-6(15)5(3-4)10(17)18/h1-3,15H,(H2,11,14)(H,12,16)(H,17,18). The predicted molar refractivity (Wildman–Crippen MR) is 61.7 cm³/mol. The molecular weight excluding hydrogens is 256 g/mol. The summed E-state index contributed by atoms with van der Waals surface area (Å²) in [5.41, 5.74) is 4.93. The first-order chi connectivity index (χ1) is 8.99. The minimum absolute atomic E-state index is 0.155. The second kappa shape index (κ2) is 4.64. The van der Waals surface area contributed by atoms with Crippen LogP contribution < -0.4 is 11.1 Å². The fraction of sp³-hybridized carbons (Fsp3) is 0. The van der Waals surface area contributed by atoms with Crippen LogP contribution in [0.3, 0.4) is 0 Å². The smallest absolute Gasteiger partial charge is 0.339 e. The number of nitrogens with two attached hydrogens (primary N) is 1. The number of nitrogens with zero attached hydrogens (tertiary/aromatic N) is 2. The van der Waals surface area contributed by atoms with Crippen molar-refractivity contribution in [3.63, 3.8) is 0 Å². The van der Waals surface area contributed by atoms with Crippen LogP contribution in [0.1, 0.15) is 20.8 Å². The molecule has 1 aromatic carbocycles. The Morgan fingerprint density at radius 3 is 2.63 bits per heavy atom. The summed E-state index contributed by atoms with van der Waals surface area (Å²) < 4.78 is 4.27. The van der Waals surface area contributed by atoms with Gasteiger partial charge in [0.05, 0.1) is 0 Å². The normalized spacial score (nSPS) is 10.1. The van der Waals surface area contributed by atoms with Crippen molar-refractivity contribution in [2.75, 3.05) is 11.1 Å². The maximum atomic E-state index is 11.7. The van der Waals surface area contributed by atoms with Gasteiger partial charge in [-0.15, -0.1) is 0 Å². The Balaban J connectivity index is 2.25. The van der Waals surface area contributed by atoms with Crippen molar-refractivity contribution in [1.82, 2.24) is 10.3 Å². The third-order valence-corrected chi connectivity index (χ3v) is 2.21. The van der Waals surface area contributed by atoms with Crippen molar-refractivity contribution >= 4 is 23.4 Å². The lowest BCUT2D eigenvalue weighted by atomic mass is 10.1. The van der Waals surface area contributed by atoms with E-state index in [2.05, 4.69) is 20.3 Å². The minimum Gasteiger partial charge on any atom is -0.507 e. The van der Waals surface area contributed by atoms with Crippen molar-refractivity contribution in [2.45, 2.75) is 0 Å². The van der Waals surface area contributed by atoms with Crippen LogP contribution in [0, 0.1) is 0 Å². The lowest BCUT2D eigenvalue weighted by Crippen LogP contribution is -2.14. The number of anilines is 2. The molecule has 9 heteroatoms. The van der Waals surface area contributed by atoms with E-state index in [9.17, 15) is 14.7 Å². The number of carbonyl (C=O) groups is 2. The van der Waals surface area contributed by atoms with Gasteiger partial charge in [-0.05, 0) is 28.5 Å². The van der Waals surface area contributed by atoms with E-state index < -0.39 is 17.6 Å². The quantitative estimate of drug-likeness (QED) is 0.578. The molecule has 2 aromatic rings. The summed E-state index contributed by atoms with van der Waals surface area (Å²) in [6.07, 6.45) is 0. The topological polar surface area (TPSA) is 152 Å². The summed E-state index contributed by atoms with van der Waals surface area (Å²) >= 11 is 0. The molecule has 0 unspecified atom stereocenters. The average Bonchev–Trinajstić information content (AvgIpc) is 2.77. The van der Waals surface area contributed by atoms with E-state index >= 15 is 0 Å². The van der Waals surface area contributed by atoms with Crippen molar-refractivity contribution in [1.29, 1.82) is 0 Å². The van der Waals surface area contributed by atoms with E-state index in [-0.39, 0.29) is 22.8 Å². The first kappa shape index (κ1) is 12.4. The average molecular weight is 264 g/mol. The molecule has 0 radical (unpaired) electrons.